The topological polar surface area (TPSA) is 17.1 Å². The molecule has 130 valence electrons. The van der Waals surface area contributed by atoms with E-state index >= 15 is 0 Å². The summed E-state index contributed by atoms with van der Waals surface area (Å²) in [6.45, 7) is 0. The monoisotopic (exact) mass is 416 g/mol. The summed E-state index contributed by atoms with van der Waals surface area (Å²) < 4.78 is 0.865. The Balaban J connectivity index is 1.48. The van der Waals surface area contributed by atoms with E-state index in [0.29, 0.717) is 27.5 Å². The van der Waals surface area contributed by atoms with Gasteiger partial charge in [-0.2, -0.15) is 0 Å². The minimum absolute atomic E-state index is 0.0186. The Morgan fingerprint density at radius 3 is 2.28 bits per heavy atom. The second-order valence-electron chi connectivity index (χ2n) is 7.70. The van der Waals surface area contributed by atoms with Crippen LogP contribution in [0.4, 0.5) is 0 Å². The van der Waals surface area contributed by atoms with Crippen molar-refractivity contribution in [1.82, 2.24) is 0 Å². The molecular weight excluding hydrogens is 396 g/mol. The van der Waals surface area contributed by atoms with Crippen molar-refractivity contribution < 1.29 is 4.79 Å². The van der Waals surface area contributed by atoms with Crippen molar-refractivity contribution in [3.05, 3.63) is 68.7 Å². The first-order chi connectivity index (χ1) is 12.1. The second-order valence-corrected chi connectivity index (χ2v) is 9.03. The standard InChI is InChI=1S/C22H22BrClO/c23-18-6-7-20(24)19(14-18)21(25)17-4-2-15(3-5-17)16-8-12-22(13-9-16)10-1-11-22/h2-7,14,16H,1,8-13H2. The molecule has 2 aliphatic rings. The van der Waals surface area contributed by atoms with Gasteiger partial charge in [0, 0.05) is 15.6 Å². The molecule has 0 N–H and O–H groups in total. The Labute approximate surface area is 162 Å². The zero-order valence-corrected chi connectivity index (χ0v) is 16.6. The fraction of sp³-hybridized carbons (Fsp3) is 0.409. The highest BCUT2D eigenvalue weighted by Crippen LogP contribution is 2.54. The molecule has 0 radical (unpaired) electrons. The first-order valence-electron chi connectivity index (χ1n) is 9.16. The lowest BCUT2D eigenvalue weighted by Crippen LogP contribution is -2.33. The lowest BCUT2D eigenvalue weighted by molar-refractivity contribution is 0.0693. The Hall–Kier alpha value is -1.12. The molecule has 3 heteroatoms. The highest BCUT2D eigenvalue weighted by Gasteiger charge is 2.40. The molecule has 2 aromatic carbocycles. The average molecular weight is 418 g/mol. The van der Waals surface area contributed by atoms with Gasteiger partial charge in [0.25, 0.3) is 0 Å². The Bertz CT molecular complexity index is 782. The first-order valence-corrected chi connectivity index (χ1v) is 10.3. The van der Waals surface area contributed by atoms with Gasteiger partial charge in [0.05, 0.1) is 5.02 Å². The normalized spacial score (nSPS) is 19.6. The number of hydrogen-bond acceptors (Lipinski definition) is 1. The molecule has 2 saturated carbocycles. The summed E-state index contributed by atoms with van der Waals surface area (Å²) in [5, 5.41) is 0.496. The van der Waals surface area contributed by atoms with E-state index in [2.05, 4.69) is 28.1 Å². The van der Waals surface area contributed by atoms with Crippen molar-refractivity contribution in [2.24, 2.45) is 5.41 Å². The minimum Gasteiger partial charge on any atom is -0.289 e. The van der Waals surface area contributed by atoms with E-state index in [1.54, 1.807) is 12.1 Å². The first kappa shape index (κ1) is 17.3. The number of hydrogen-bond donors (Lipinski definition) is 0. The highest BCUT2D eigenvalue weighted by atomic mass is 79.9. The summed E-state index contributed by atoms with van der Waals surface area (Å²) in [5.74, 6) is 0.639. The number of rotatable bonds is 3. The number of ketones is 1. The van der Waals surface area contributed by atoms with Crippen LogP contribution in [0.3, 0.4) is 0 Å². The summed E-state index contributed by atoms with van der Waals surface area (Å²) in [4.78, 5) is 12.7. The van der Waals surface area contributed by atoms with Gasteiger partial charge in [-0.1, -0.05) is 58.2 Å². The van der Waals surface area contributed by atoms with E-state index in [-0.39, 0.29) is 5.78 Å². The van der Waals surface area contributed by atoms with Crippen LogP contribution in [0.1, 0.15) is 72.3 Å². The van der Waals surface area contributed by atoms with Gasteiger partial charge in [-0.3, -0.25) is 4.79 Å². The van der Waals surface area contributed by atoms with Gasteiger partial charge in [-0.05, 0) is 73.6 Å². The lowest BCUT2D eigenvalue weighted by atomic mass is 9.58. The second kappa shape index (κ2) is 6.89. The van der Waals surface area contributed by atoms with Gasteiger partial charge in [0.1, 0.15) is 0 Å². The van der Waals surface area contributed by atoms with Crippen LogP contribution in [0, 0.1) is 5.41 Å². The van der Waals surface area contributed by atoms with E-state index in [4.69, 9.17) is 11.6 Å². The predicted molar refractivity (Wildman–Crippen MR) is 107 cm³/mol. The third-order valence-corrected chi connectivity index (χ3v) is 7.10. The molecule has 0 unspecified atom stereocenters. The smallest absolute Gasteiger partial charge is 0.194 e. The Morgan fingerprint density at radius 2 is 1.68 bits per heavy atom. The third kappa shape index (κ3) is 3.44. The van der Waals surface area contributed by atoms with Gasteiger partial charge in [-0.25, -0.2) is 0 Å². The number of carbonyl (C=O) groups excluding carboxylic acids is 1. The van der Waals surface area contributed by atoms with Crippen LogP contribution in [0.25, 0.3) is 0 Å². The van der Waals surface area contributed by atoms with Crippen molar-refractivity contribution in [2.75, 3.05) is 0 Å². The van der Waals surface area contributed by atoms with Gasteiger partial charge in [0.15, 0.2) is 5.78 Å². The van der Waals surface area contributed by atoms with Crippen LogP contribution < -0.4 is 0 Å². The Morgan fingerprint density at radius 1 is 1.00 bits per heavy atom. The largest absolute Gasteiger partial charge is 0.289 e. The van der Waals surface area contributed by atoms with Crippen LogP contribution in [0.5, 0.6) is 0 Å². The zero-order valence-electron chi connectivity index (χ0n) is 14.2. The molecule has 0 atom stereocenters. The molecule has 0 amide bonds. The molecule has 0 saturated heterocycles. The van der Waals surface area contributed by atoms with E-state index < -0.39 is 0 Å². The van der Waals surface area contributed by atoms with Crippen LogP contribution in [0.15, 0.2) is 46.9 Å². The highest BCUT2D eigenvalue weighted by molar-refractivity contribution is 9.10. The van der Waals surface area contributed by atoms with Crippen molar-refractivity contribution in [3.63, 3.8) is 0 Å². The maximum atomic E-state index is 12.7. The average Bonchev–Trinajstić information content (AvgIpc) is 2.62. The summed E-state index contributed by atoms with van der Waals surface area (Å²) >= 11 is 9.61. The molecule has 2 aliphatic carbocycles. The molecule has 4 rings (SSSR count). The zero-order chi connectivity index (χ0) is 17.4. The molecular formula is C22H22BrClO. The van der Waals surface area contributed by atoms with Gasteiger partial charge >= 0.3 is 0 Å². The van der Waals surface area contributed by atoms with Gasteiger partial charge in [-0.15, -0.1) is 0 Å². The van der Waals surface area contributed by atoms with Crippen molar-refractivity contribution in [1.29, 1.82) is 0 Å². The minimum atomic E-state index is -0.0186. The molecule has 2 aromatic rings. The summed E-state index contributed by atoms with van der Waals surface area (Å²) in [7, 11) is 0. The van der Waals surface area contributed by atoms with Crippen LogP contribution >= 0.6 is 27.5 Å². The molecule has 1 spiro atoms. The summed E-state index contributed by atoms with van der Waals surface area (Å²) in [5.41, 5.74) is 3.33. The number of carbonyl (C=O) groups is 1. The summed E-state index contributed by atoms with van der Waals surface area (Å²) in [6, 6.07) is 13.6. The number of benzene rings is 2. The molecule has 0 heterocycles. The molecule has 0 aromatic heterocycles. The third-order valence-electron chi connectivity index (χ3n) is 6.28. The van der Waals surface area contributed by atoms with Crippen LogP contribution in [-0.2, 0) is 0 Å². The molecule has 1 nitrogen and oxygen atoms in total. The molecule has 0 aliphatic heterocycles. The van der Waals surface area contributed by atoms with E-state index in [1.165, 1.54) is 50.5 Å². The fourth-order valence-corrected chi connectivity index (χ4v) is 5.04. The van der Waals surface area contributed by atoms with E-state index in [0.717, 1.165) is 4.47 Å². The fourth-order valence-electron chi connectivity index (χ4n) is 4.47. The van der Waals surface area contributed by atoms with Crippen molar-refractivity contribution in [2.45, 2.75) is 50.9 Å². The van der Waals surface area contributed by atoms with Gasteiger partial charge in [0.2, 0.25) is 0 Å². The lowest BCUT2D eigenvalue weighted by Gasteiger charge is -2.47. The Kier molecular flexibility index (Phi) is 4.77. The van der Waals surface area contributed by atoms with E-state index in [9.17, 15) is 4.79 Å². The van der Waals surface area contributed by atoms with Gasteiger partial charge < -0.3 is 0 Å². The molecule has 25 heavy (non-hydrogen) atoms. The van der Waals surface area contributed by atoms with Crippen molar-refractivity contribution >= 4 is 33.3 Å². The summed E-state index contributed by atoms with van der Waals surface area (Å²) in [6.07, 6.45) is 9.67. The van der Waals surface area contributed by atoms with E-state index in [1.807, 2.05) is 18.2 Å². The molecule has 2 fully saturated rings. The number of halogens is 2. The quantitative estimate of drug-likeness (QED) is 0.484. The maximum absolute atomic E-state index is 12.7. The van der Waals surface area contributed by atoms with Crippen LogP contribution in [0.2, 0.25) is 5.02 Å². The SMILES string of the molecule is O=C(c1ccc(C2CCC3(CCC3)CC2)cc1)c1cc(Br)ccc1Cl. The predicted octanol–water partition coefficient (Wildman–Crippen LogP) is 7.16. The maximum Gasteiger partial charge on any atom is 0.194 e. The van der Waals surface area contributed by atoms with Crippen molar-refractivity contribution in [3.8, 4) is 0 Å². The molecule has 0 bridgehead atoms. The van der Waals surface area contributed by atoms with Crippen LogP contribution in [-0.4, -0.2) is 5.78 Å².